The molecule has 144 valence electrons. The summed E-state index contributed by atoms with van der Waals surface area (Å²) in [6.45, 7) is 10.3. The van der Waals surface area contributed by atoms with Crippen LogP contribution in [0.4, 0.5) is 0 Å². The van der Waals surface area contributed by atoms with Gasteiger partial charge in [-0.3, -0.25) is 0 Å². The second kappa shape index (κ2) is 12.4. The fourth-order valence-electron chi connectivity index (χ4n) is 2.75. The van der Waals surface area contributed by atoms with Crippen molar-refractivity contribution in [2.45, 2.75) is 40.5 Å². The van der Waals surface area contributed by atoms with Gasteiger partial charge in [-0.05, 0) is 50.1 Å². The van der Waals surface area contributed by atoms with E-state index in [2.05, 4.69) is 63.4 Å². The molecule has 1 N–H and O–H groups in total. The SMILES string of the molecule is CC/C=C(/C)C(C)C(/C=C/c1ccc(OCCNC)c(OC)c1)=C/CC. The third kappa shape index (κ3) is 7.09. The molecule has 0 radical (unpaired) electrons. The van der Waals surface area contributed by atoms with Crippen molar-refractivity contribution >= 4 is 6.08 Å². The van der Waals surface area contributed by atoms with Gasteiger partial charge in [0.25, 0.3) is 0 Å². The van der Waals surface area contributed by atoms with Crippen molar-refractivity contribution in [1.82, 2.24) is 5.32 Å². The highest BCUT2D eigenvalue weighted by Crippen LogP contribution is 2.29. The lowest BCUT2D eigenvalue weighted by atomic mass is 9.91. The molecule has 0 saturated heterocycles. The Morgan fingerprint density at radius 1 is 1.15 bits per heavy atom. The number of rotatable bonds is 11. The van der Waals surface area contributed by atoms with Gasteiger partial charge < -0.3 is 14.8 Å². The van der Waals surface area contributed by atoms with Gasteiger partial charge in [-0.1, -0.05) is 56.7 Å². The van der Waals surface area contributed by atoms with Crippen molar-refractivity contribution < 1.29 is 9.47 Å². The van der Waals surface area contributed by atoms with Gasteiger partial charge in [0.1, 0.15) is 6.61 Å². The molecule has 0 saturated carbocycles. The maximum atomic E-state index is 5.75. The summed E-state index contributed by atoms with van der Waals surface area (Å²) in [6.07, 6.45) is 11.1. The highest BCUT2D eigenvalue weighted by Gasteiger charge is 2.08. The van der Waals surface area contributed by atoms with Gasteiger partial charge in [-0.25, -0.2) is 0 Å². The molecule has 0 aliphatic carbocycles. The van der Waals surface area contributed by atoms with E-state index in [9.17, 15) is 0 Å². The minimum Gasteiger partial charge on any atom is -0.493 e. The molecule has 0 aromatic heterocycles. The Hall–Kier alpha value is -2.00. The van der Waals surface area contributed by atoms with E-state index in [0.29, 0.717) is 12.5 Å². The molecule has 1 aromatic carbocycles. The van der Waals surface area contributed by atoms with Crippen LogP contribution in [-0.4, -0.2) is 27.3 Å². The van der Waals surface area contributed by atoms with E-state index in [1.54, 1.807) is 7.11 Å². The Balaban J connectivity index is 2.96. The molecule has 0 fully saturated rings. The second-order valence-electron chi connectivity index (χ2n) is 6.39. The molecule has 1 unspecified atom stereocenters. The lowest BCUT2D eigenvalue weighted by molar-refractivity contribution is 0.295. The van der Waals surface area contributed by atoms with E-state index < -0.39 is 0 Å². The standard InChI is InChI=1S/C23H35NO2/c1-7-9-18(3)19(4)21(10-8-2)13-11-20-12-14-22(23(17-20)25-6)26-16-15-24-5/h9-14,17,19,24H,7-8,15-16H2,1-6H3/b13-11+,18-9-,21-10+. The molecule has 0 heterocycles. The molecule has 0 amide bonds. The quantitative estimate of drug-likeness (QED) is 0.316. The molecule has 0 aliphatic heterocycles. The lowest BCUT2D eigenvalue weighted by Crippen LogP contribution is -2.16. The number of benzene rings is 1. The highest BCUT2D eigenvalue weighted by molar-refractivity contribution is 5.58. The predicted molar refractivity (Wildman–Crippen MR) is 113 cm³/mol. The molecule has 0 bridgehead atoms. The zero-order valence-electron chi connectivity index (χ0n) is 17.3. The number of nitrogens with one attached hydrogen (secondary N) is 1. The van der Waals surface area contributed by atoms with Crippen molar-refractivity contribution in [3.8, 4) is 11.5 Å². The van der Waals surface area contributed by atoms with Crippen molar-refractivity contribution in [3.05, 3.63) is 53.1 Å². The van der Waals surface area contributed by atoms with Crippen molar-refractivity contribution in [3.63, 3.8) is 0 Å². The van der Waals surface area contributed by atoms with Gasteiger partial charge >= 0.3 is 0 Å². The van der Waals surface area contributed by atoms with Crippen LogP contribution >= 0.6 is 0 Å². The van der Waals surface area contributed by atoms with E-state index in [1.807, 2.05) is 19.2 Å². The van der Waals surface area contributed by atoms with Crippen LogP contribution in [0.25, 0.3) is 6.08 Å². The van der Waals surface area contributed by atoms with Crippen LogP contribution in [0, 0.1) is 5.92 Å². The zero-order valence-corrected chi connectivity index (χ0v) is 17.3. The number of likely N-dealkylation sites (N-methyl/N-ethyl adjacent to an activating group) is 1. The Morgan fingerprint density at radius 2 is 1.88 bits per heavy atom. The monoisotopic (exact) mass is 357 g/mol. The topological polar surface area (TPSA) is 30.5 Å². The average Bonchev–Trinajstić information content (AvgIpc) is 2.65. The van der Waals surface area contributed by atoms with Crippen molar-refractivity contribution in [1.29, 1.82) is 0 Å². The van der Waals surface area contributed by atoms with Crippen LogP contribution in [0.2, 0.25) is 0 Å². The highest BCUT2D eigenvalue weighted by atomic mass is 16.5. The summed E-state index contributed by atoms with van der Waals surface area (Å²) in [6, 6.07) is 6.06. The summed E-state index contributed by atoms with van der Waals surface area (Å²) < 4.78 is 11.2. The fraction of sp³-hybridized carbons (Fsp3) is 0.478. The van der Waals surface area contributed by atoms with Gasteiger partial charge in [-0.15, -0.1) is 0 Å². The van der Waals surface area contributed by atoms with Crippen LogP contribution in [0.1, 0.15) is 46.1 Å². The maximum Gasteiger partial charge on any atom is 0.161 e. The number of hydrogen-bond donors (Lipinski definition) is 1. The van der Waals surface area contributed by atoms with Crippen LogP contribution in [0.3, 0.4) is 0 Å². The lowest BCUT2D eigenvalue weighted by Gasteiger charge is -2.15. The Labute approximate surface area is 159 Å². The third-order valence-electron chi connectivity index (χ3n) is 4.41. The van der Waals surface area contributed by atoms with E-state index in [-0.39, 0.29) is 0 Å². The van der Waals surface area contributed by atoms with Crippen LogP contribution in [-0.2, 0) is 0 Å². The first-order valence-electron chi connectivity index (χ1n) is 9.57. The Kier molecular flexibility index (Phi) is 10.5. The second-order valence-corrected chi connectivity index (χ2v) is 6.39. The Morgan fingerprint density at radius 3 is 2.50 bits per heavy atom. The molecule has 3 heteroatoms. The predicted octanol–water partition coefficient (Wildman–Crippen LogP) is 5.64. The van der Waals surface area contributed by atoms with Crippen LogP contribution in [0.5, 0.6) is 11.5 Å². The first-order valence-corrected chi connectivity index (χ1v) is 9.57. The summed E-state index contributed by atoms with van der Waals surface area (Å²) in [7, 11) is 3.59. The summed E-state index contributed by atoms with van der Waals surface area (Å²) in [5, 5.41) is 3.07. The first kappa shape index (κ1) is 22.0. The third-order valence-corrected chi connectivity index (χ3v) is 4.41. The van der Waals surface area contributed by atoms with Gasteiger partial charge in [0.2, 0.25) is 0 Å². The molecule has 1 rings (SSSR count). The maximum absolute atomic E-state index is 5.75. The van der Waals surface area contributed by atoms with E-state index in [1.165, 1.54) is 11.1 Å². The normalized spacial score (nSPS) is 13.9. The van der Waals surface area contributed by atoms with Crippen molar-refractivity contribution in [2.75, 3.05) is 27.3 Å². The number of methoxy groups -OCH3 is 1. The molecular weight excluding hydrogens is 322 g/mol. The van der Waals surface area contributed by atoms with E-state index >= 15 is 0 Å². The summed E-state index contributed by atoms with van der Waals surface area (Å²) >= 11 is 0. The smallest absolute Gasteiger partial charge is 0.161 e. The van der Waals surface area contributed by atoms with Crippen LogP contribution in [0.15, 0.2) is 47.6 Å². The number of allylic oxidation sites excluding steroid dienone is 5. The molecule has 1 atom stereocenters. The molecule has 0 spiro atoms. The minimum atomic E-state index is 0.428. The first-order chi connectivity index (χ1) is 12.6. The molecule has 0 aliphatic rings. The van der Waals surface area contributed by atoms with Crippen molar-refractivity contribution in [2.24, 2.45) is 5.92 Å². The number of ether oxygens (including phenoxy) is 2. The van der Waals surface area contributed by atoms with Crippen LogP contribution < -0.4 is 14.8 Å². The summed E-state index contributed by atoms with van der Waals surface area (Å²) in [4.78, 5) is 0. The Bertz CT molecular complexity index is 629. The van der Waals surface area contributed by atoms with Gasteiger partial charge in [-0.2, -0.15) is 0 Å². The molecule has 3 nitrogen and oxygen atoms in total. The number of hydrogen-bond acceptors (Lipinski definition) is 3. The van der Waals surface area contributed by atoms with E-state index in [4.69, 9.17) is 9.47 Å². The zero-order chi connectivity index (χ0) is 19.4. The van der Waals surface area contributed by atoms with Gasteiger partial charge in [0, 0.05) is 12.5 Å². The van der Waals surface area contributed by atoms with E-state index in [0.717, 1.165) is 36.4 Å². The summed E-state index contributed by atoms with van der Waals surface area (Å²) in [5.41, 5.74) is 3.87. The van der Waals surface area contributed by atoms with Gasteiger partial charge in [0.05, 0.1) is 7.11 Å². The minimum absolute atomic E-state index is 0.428. The fourth-order valence-corrected chi connectivity index (χ4v) is 2.75. The summed E-state index contributed by atoms with van der Waals surface area (Å²) in [5.74, 6) is 1.97. The average molecular weight is 358 g/mol. The largest absolute Gasteiger partial charge is 0.493 e. The molecular formula is C23H35NO2. The van der Waals surface area contributed by atoms with Gasteiger partial charge in [0.15, 0.2) is 11.5 Å². The molecule has 1 aromatic rings. The molecule has 26 heavy (non-hydrogen) atoms.